The van der Waals surface area contributed by atoms with Crippen molar-refractivity contribution in [2.75, 3.05) is 11.9 Å². The van der Waals surface area contributed by atoms with Crippen molar-refractivity contribution >= 4 is 17.7 Å². The number of nitrogens with zero attached hydrogens (tertiary/aromatic N) is 2. The molecule has 7 nitrogen and oxygen atoms in total. The van der Waals surface area contributed by atoms with Crippen LogP contribution in [0.1, 0.15) is 49.5 Å². The standard InChI is InChI=1S/C22H25N3O4/c1-6-27-20(26)18-14(2)24-21(29-18)25-16-11-9-13-23-19(16)28-17-12-8-7-10-15(17)22(3,4)5/h7-13H,6H2,1-5H3,(H,24,25). The van der Waals surface area contributed by atoms with E-state index in [9.17, 15) is 4.79 Å². The highest BCUT2D eigenvalue weighted by atomic mass is 16.5. The van der Waals surface area contributed by atoms with Gasteiger partial charge in [0.1, 0.15) is 11.4 Å². The molecule has 3 rings (SSSR count). The van der Waals surface area contributed by atoms with Gasteiger partial charge < -0.3 is 19.2 Å². The molecule has 0 unspecified atom stereocenters. The third-order valence-electron chi connectivity index (χ3n) is 4.17. The number of carbonyl (C=O) groups excluding carboxylic acids is 1. The summed E-state index contributed by atoms with van der Waals surface area (Å²) in [6, 6.07) is 11.6. The fourth-order valence-electron chi connectivity index (χ4n) is 2.80. The molecule has 7 heteroatoms. The van der Waals surface area contributed by atoms with Gasteiger partial charge in [-0.15, -0.1) is 0 Å². The number of aryl methyl sites for hydroxylation is 1. The van der Waals surface area contributed by atoms with Crippen molar-refractivity contribution in [3.63, 3.8) is 0 Å². The van der Waals surface area contributed by atoms with Crippen LogP contribution in [-0.4, -0.2) is 22.5 Å². The second-order valence-corrected chi connectivity index (χ2v) is 7.48. The Labute approximate surface area is 170 Å². The van der Waals surface area contributed by atoms with Gasteiger partial charge in [-0.05, 0) is 37.5 Å². The maximum Gasteiger partial charge on any atom is 0.376 e. The van der Waals surface area contributed by atoms with E-state index in [2.05, 4.69) is 36.1 Å². The SMILES string of the molecule is CCOC(=O)c1oc(Nc2cccnc2Oc2ccccc2C(C)(C)C)nc1C. The molecule has 2 heterocycles. The topological polar surface area (TPSA) is 86.5 Å². The number of aromatic nitrogens is 2. The summed E-state index contributed by atoms with van der Waals surface area (Å²) in [4.78, 5) is 20.5. The molecule has 0 fully saturated rings. The van der Waals surface area contributed by atoms with E-state index in [0.29, 0.717) is 17.3 Å². The summed E-state index contributed by atoms with van der Waals surface area (Å²) in [5.74, 6) is 0.612. The van der Waals surface area contributed by atoms with Crippen molar-refractivity contribution in [2.24, 2.45) is 0 Å². The minimum Gasteiger partial charge on any atom is -0.460 e. The second-order valence-electron chi connectivity index (χ2n) is 7.48. The summed E-state index contributed by atoms with van der Waals surface area (Å²) in [6.07, 6.45) is 1.64. The van der Waals surface area contributed by atoms with Crippen molar-refractivity contribution < 1.29 is 18.7 Å². The molecular formula is C22H25N3O4. The van der Waals surface area contributed by atoms with Gasteiger partial charge in [0.25, 0.3) is 6.01 Å². The van der Waals surface area contributed by atoms with Crippen LogP contribution in [0.5, 0.6) is 11.6 Å². The first-order chi connectivity index (χ1) is 13.8. The van der Waals surface area contributed by atoms with Crippen LogP contribution in [0, 0.1) is 6.92 Å². The average Bonchev–Trinajstić information content (AvgIpc) is 3.03. The summed E-state index contributed by atoms with van der Waals surface area (Å²) >= 11 is 0. The van der Waals surface area contributed by atoms with Crippen LogP contribution in [0.25, 0.3) is 0 Å². The molecule has 1 aromatic carbocycles. The Hall–Kier alpha value is -3.35. The number of anilines is 2. The Balaban J connectivity index is 1.88. The molecule has 3 aromatic rings. The van der Waals surface area contributed by atoms with Crippen LogP contribution in [0.2, 0.25) is 0 Å². The summed E-state index contributed by atoms with van der Waals surface area (Å²) in [6.45, 7) is 10.0. The number of esters is 1. The van der Waals surface area contributed by atoms with E-state index in [-0.39, 0.29) is 23.8 Å². The van der Waals surface area contributed by atoms with Gasteiger partial charge >= 0.3 is 5.97 Å². The second kappa shape index (κ2) is 8.34. The van der Waals surface area contributed by atoms with Gasteiger partial charge in [-0.1, -0.05) is 39.0 Å². The van der Waals surface area contributed by atoms with Crippen molar-refractivity contribution in [3.8, 4) is 11.6 Å². The van der Waals surface area contributed by atoms with E-state index in [1.165, 1.54) is 0 Å². The van der Waals surface area contributed by atoms with E-state index < -0.39 is 5.97 Å². The quantitative estimate of drug-likeness (QED) is 0.560. The van der Waals surface area contributed by atoms with Gasteiger partial charge in [0.05, 0.1) is 12.3 Å². The van der Waals surface area contributed by atoms with Crippen LogP contribution in [0.15, 0.2) is 47.0 Å². The largest absolute Gasteiger partial charge is 0.460 e. The van der Waals surface area contributed by atoms with Gasteiger partial charge in [-0.25, -0.2) is 9.78 Å². The Kier molecular flexibility index (Phi) is 5.87. The lowest BCUT2D eigenvalue weighted by Gasteiger charge is -2.22. The lowest BCUT2D eigenvalue weighted by Crippen LogP contribution is -2.12. The number of carbonyl (C=O) groups is 1. The van der Waals surface area contributed by atoms with Crippen molar-refractivity contribution in [1.82, 2.24) is 9.97 Å². The predicted octanol–water partition coefficient (Wildman–Crippen LogP) is 5.39. The number of para-hydroxylation sites is 1. The highest BCUT2D eigenvalue weighted by Gasteiger charge is 2.21. The molecule has 0 aliphatic heterocycles. The Morgan fingerprint density at radius 3 is 2.66 bits per heavy atom. The van der Waals surface area contributed by atoms with Gasteiger partial charge in [0.15, 0.2) is 0 Å². The smallest absolute Gasteiger partial charge is 0.376 e. The summed E-state index contributed by atoms with van der Waals surface area (Å²) in [5.41, 5.74) is 1.98. The molecule has 0 saturated carbocycles. The van der Waals surface area contributed by atoms with Crippen LogP contribution < -0.4 is 10.1 Å². The molecule has 0 radical (unpaired) electrons. The maximum atomic E-state index is 12.0. The first-order valence-electron chi connectivity index (χ1n) is 9.43. The lowest BCUT2D eigenvalue weighted by atomic mass is 9.86. The monoisotopic (exact) mass is 395 g/mol. The molecule has 0 amide bonds. The number of nitrogens with one attached hydrogen (secondary N) is 1. The first-order valence-corrected chi connectivity index (χ1v) is 9.43. The summed E-state index contributed by atoms with van der Waals surface area (Å²) in [7, 11) is 0. The zero-order chi connectivity index (χ0) is 21.0. The number of rotatable bonds is 6. The minimum absolute atomic E-state index is 0.0683. The van der Waals surface area contributed by atoms with Crippen LogP contribution in [0.4, 0.5) is 11.7 Å². The van der Waals surface area contributed by atoms with Gasteiger partial charge in [-0.2, -0.15) is 4.98 Å². The van der Waals surface area contributed by atoms with Crippen LogP contribution >= 0.6 is 0 Å². The summed E-state index contributed by atoms with van der Waals surface area (Å²) in [5, 5.41) is 3.04. The molecule has 2 aromatic heterocycles. The molecule has 1 N–H and O–H groups in total. The average molecular weight is 395 g/mol. The number of oxazole rings is 1. The number of hydrogen-bond acceptors (Lipinski definition) is 7. The summed E-state index contributed by atoms with van der Waals surface area (Å²) < 4.78 is 16.6. The van der Waals surface area contributed by atoms with Crippen LogP contribution in [-0.2, 0) is 10.2 Å². The molecule has 0 bridgehead atoms. The van der Waals surface area contributed by atoms with E-state index in [1.807, 2.05) is 24.3 Å². The molecule has 152 valence electrons. The fraction of sp³-hybridized carbons (Fsp3) is 0.318. The molecule has 0 atom stereocenters. The molecule has 0 aliphatic rings. The van der Waals surface area contributed by atoms with E-state index in [1.54, 1.807) is 32.2 Å². The third kappa shape index (κ3) is 4.74. The Morgan fingerprint density at radius 2 is 1.93 bits per heavy atom. The molecular weight excluding hydrogens is 370 g/mol. The Morgan fingerprint density at radius 1 is 1.17 bits per heavy atom. The fourth-order valence-corrected chi connectivity index (χ4v) is 2.80. The number of pyridine rings is 1. The highest BCUT2D eigenvalue weighted by molar-refractivity contribution is 5.87. The van der Waals surface area contributed by atoms with E-state index in [0.717, 1.165) is 11.3 Å². The normalized spacial score (nSPS) is 11.2. The van der Waals surface area contributed by atoms with Gasteiger partial charge in [0, 0.05) is 11.8 Å². The van der Waals surface area contributed by atoms with Gasteiger partial charge in [-0.3, -0.25) is 0 Å². The molecule has 29 heavy (non-hydrogen) atoms. The number of hydrogen-bond donors (Lipinski definition) is 1. The van der Waals surface area contributed by atoms with Crippen molar-refractivity contribution in [2.45, 2.75) is 40.0 Å². The Bertz CT molecular complexity index is 1010. The predicted molar refractivity (Wildman–Crippen MR) is 110 cm³/mol. The van der Waals surface area contributed by atoms with Crippen LogP contribution in [0.3, 0.4) is 0 Å². The van der Waals surface area contributed by atoms with E-state index in [4.69, 9.17) is 13.9 Å². The molecule has 0 saturated heterocycles. The third-order valence-corrected chi connectivity index (χ3v) is 4.17. The first kappa shape index (κ1) is 20.4. The highest BCUT2D eigenvalue weighted by Crippen LogP contribution is 2.36. The zero-order valence-electron chi connectivity index (χ0n) is 17.3. The minimum atomic E-state index is -0.549. The maximum absolute atomic E-state index is 12.0. The van der Waals surface area contributed by atoms with E-state index >= 15 is 0 Å². The number of benzene rings is 1. The van der Waals surface area contributed by atoms with Gasteiger partial charge in [0.2, 0.25) is 11.6 Å². The zero-order valence-corrected chi connectivity index (χ0v) is 17.3. The van der Waals surface area contributed by atoms with Crippen molar-refractivity contribution in [3.05, 3.63) is 59.6 Å². The molecule has 0 aliphatic carbocycles. The lowest BCUT2D eigenvalue weighted by molar-refractivity contribution is 0.0490. The van der Waals surface area contributed by atoms with Crippen molar-refractivity contribution in [1.29, 1.82) is 0 Å². The molecule has 0 spiro atoms. The number of ether oxygens (including phenoxy) is 2.